The molecule has 0 aliphatic heterocycles. The maximum absolute atomic E-state index is 13.4. The predicted octanol–water partition coefficient (Wildman–Crippen LogP) is 4.02. The number of rotatable bonds is 5. The fourth-order valence-corrected chi connectivity index (χ4v) is 1.99. The average Bonchev–Trinajstić information content (AvgIpc) is 2.45. The molecule has 0 saturated carbocycles. The van der Waals surface area contributed by atoms with Gasteiger partial charge in [-0.05, 0) is 49.2 Å². The van der Waals surface area contributed by atoms with Crippen LogP contribution in [0.5, 0.6) is 0 Å². The molecule has 116 valence electrons. The average molecular weight is 304 g/mol. The van der Waals surface area contributed by atoms with E-state index >= 15 is 0 Å². The van der Waals surface area contributed by atoms with Crippen LogP contribution in [0.1, 0.15) is 17.5 Å². The smallest absolute Gasteiger partial charge is 0.226 e. The largest absolute Gasteiger partial charge is 0.382 e. The van der Waals surface area contributed by atoms with E-state index in [1.807, 2.05) is 32.0 Å². The Bertz CT molecular complexity index is 686. The third-order valence-corrected chi connectivity index (χ3v) is 3.39. The minimum absolute atomic E-state index is 0.168. The lowest BCUT2D eigenvalue weighted by atomic mass is 10.1. The van der Waals surface area contributed by atoms with E-state index in [2.05, 4.69) is 10.6 Å². The Morgan fingerprint density at radius 2 is 1.82 bits per heavy atom. The summed E-state index contributed by atoms with van der Waals surface area (Å²) in [5.41, 5.74) is 3.18. The molecule has 0 unspecified atom stereocenters. The zero-order valence-corrected chi connectivity index (χ0v) is 12.5. The first-order valence-corrected chi connectivity index (χ1v) is 7.02. The lowest BCUT2D eigenvalue weighted by molar-refractivity contribution is -0.115. The number of hydrogen-bond donors (Lipinski definition) is 2. The summed E-state index contributed by atoms with van der Waals surface area (Å²) in [6.07, 6.45) is 0.184. The van der Waals surface area contributed by atoms with Gasteiger partial charge in [0.2, 0.25) is 5.91 Å². The molecule has 0 spiro atoms. The number of hydrogen-bond acceptors (Lipinski definition) is 2. The first kappa shape index (κ1) is 15.9. The van der Waals surface area contributed by atoms with Crippen molar-refractivity contribution in [2.24, 2.45) is 0 Å². The molecule has 2 aromatic carbocycles. The van der Waals surface area contributed by atoms with Crippen LogP contribution in [0, 0.1) is 25.5 Å². The second-order valence-corrected chi connectivity index (χ2v) is 5.15. The highest BCUT2D eigenvalue weighted by atomic mass is 19.1. The van der Waals surface area contributed by atoms with Crippen LogP contribution in [0.4, 0.5) is 20.2 Å². The van der Waals surface area contributed by atoms with Crippen molar-refractivity contribution >= 4 is 17.3 Å². The van der Waals surface area contributed by atoms with Crippen LogP contribution in [0.2, 0.25) is 0 Å². The summed E-state index contributed by atoms with van der Waals surface area (Å²) in [5, 5.41) is 5.56. The third kappa shape index (κ3) is 4.28. The number of benzene rings is 2. The Morgan fingerprint density at radius 1 is 1.05 bits per heavy atom. The molecule has 0 aromatic heterocycles. The number of nitrogens with one attached hydrogen (secondary N) is 2. The van der Waals surface area contributed by atoms with Gasteiger partial charge in [0.25, 0.3) is 0 Å². The minimum atomic E-state index is -0.672. The van der Waals surface area contributed by atoms with E-state index in [4.69, 9.17) is 0 Å². The van der Waals surface area contributed by atoms with E-state index in [0.29, 0.717) is 0 Å². The molecule has 0 bridgehead atoms. The quantitative estimate of drug-likeness (QED) is 0.876. The molecular weight excluding hydrogens is 286 g/mol. The van der Waals surface area contributed by atoms with Gasteiger partial charge in [0.1, 0.15) is 11.6 Å². The number of aryl methyl sites for hydroxylation is 2. The Morgan fingerprint density at radius 3 is 2.50 bits per heavy atom. The van der Waals surface area contributed by atoms with Crippen molar-refractivity contribution in [3.63, 3.8) is 0 Å². The van der Waals surface area contributed by atoms with Gasteiger partial charge in [-0.3, -0.25) is 4.79 Å². The van der Waals surface area contributed by atoms with Crippen molar-refractivity contribution in [3.8, 4) is 0 Å². The molecule has 0 aliphatic carbocycles. The normalized spacial score (nSPS) is 10.4. The highest BCUT2D eigenvalue weighted by Gasteiger charge is 2.06. The van der Waals surface area contributed by atoms with Gasteiger partial charge < -0.3 is 10.6 Å². The summed E-state index contributed by atoms with van der Waals surface area (Å²) in [6.45, 7) is 4.24. The topological polar surface area (TPSA) is 41.1 Å². The van der Waals surface area contributed by atoms with E-state index in [-0.39, 0.29) is 24.6 Å². The summed E-state index contributed by atoms with van der Waals surface area (Å²) in [6, 6.07) is 8.97. The van der Waals surface area contributed by atoms with Crippen molar-refractivity contribution in [3.05, 3.63) is 59.2 Å². The molecule has 1 amide bonds. The molecule has 2 rings (SSSR count). The SMILES string of the molecule is Cc1ccc(NC(=O)CCNc2ccc(F)cc2F)cc1C. The summed E-state index contributed by atoms with van der Waals surface area (Å²) in [5.74, 6) is -1.47. The van der Waals surface area contributed by atoms with Gasteiger partial charge in [-0.15, -0.1) is 0 Å². The Hall–Kier alpha value is -2.43. The van der Waals surface area contributed by atoms with Gasteiger partial charge in [0, 0.05) is 24.7 Å². The number of halogens is 2. The zero-order chi connectivity index (χ0) is 16.1. The highest BCUT2D eigenvalue weighted by molar-refractivity contribution is 5.91. The number of anilines is 2. The van der Waals surface area contributed by atoms with E-state index in [0.717, 1.165) is 22.9 Å². The number of amides is 1. The van der Waals surface area contributed by atoms with Crippen LogP contribution in [0.15, 0.2) is 36.4 Å². The van der Waals surface area contributed by atoms with Gasteiger partial charge in [0.15, 0.2) is 0 Å². The van der Waals surface area contributed by atoms with Crippen molar-refractivity contribution in [1.29, 1.82) is 0 Å². The van der Waals surface area contributed by atoms with Gasteiger partial charge in [-0.25, -0.2) is 8.78 Å². The Balaban J connectivity index is 1.83. The molecule has 5 heteroatoms. The minimum Gasteiger partial charge on any atom is -0.382 e. The van der Waals surface area contributed by atoms with Gasteiger partial charge >= 0.3 is 0 Å². The Labute approximate surface area is 128 Å². The molecule has 0 radical (unpaired) electrons. The van der Waals surface area contributed by atoms with E-state index in [9.17, 15) is 13.6 Å². The lowest BCUT2D eigenvalue weighted by Gasteiger charge is -2.09. The highest BCUT2D eigenvalue weighted by Crippen LogP contribution is 2.16. The summed E-state index contributed by atoms with van der Waals surface area (Å²) >= 11 is 0. The van der Waals surface area contributed by atoms with Crippen LogP contribution in [-0.2, 0) is 4.79 Å². The van der Waals surface area contributed by atoms with Crippen molar-refractivity contribution < 1.29 is 13.6 Å². The molecule has 0 saturated heterocycles. The maximum atomic E-state index is 13.4. The van der Waals surface area contributed by atoms with Crippen molar-refractivity contribution in [1.82, 2.24) is 0 Å². The summed E-state index contributed by atoms with van der Waals surface area (Å²) in [4.78, 5) is 11.8. The molecule has 0 aliphatic rings. The van der Waals surface area contributed by atoms with Gasteiger partial charge in [-0.2, -0.15) is 0 Å². The van der Waals surface area contributed by atoms with Crippen molar-refractivity contribution in [2.45, 2.75) is 20.3 Å². The van der Waals surface area contributed by atoms with Gasteiger partial charge in [0.05, 0.1) is 5.69 Å². The standard InChI is InChI=1S/C17H18F2N2O/c1-11-3-5-14(9-12(11)2)21-17(22)7-8-20-16-6-4-13(18)10-15(16)19/h3-6,9-10,20H,7-8H2,1-2H3,(H,21,22). The number of carbonyl (C=O) groups is 1. The molecule has 2 aromatic rings. The molecule has 22 heavy (non-hydrogen) atoms. The van der Waals surface area contributed by atoms with Crippen LogP contribution in [-0.4, -0.2) is 12.5 Å². The van der Waals surface area contributed by atoms with Crippen LogP contribution in [0.3, 0.4) is 0 Å². The molecular formula is C17H18F2N2O. The third-order valence-electron chi connectivity index (χ3n) is 3.39. The molecule has 0 atom stereocenters. The second-order valence-electron chi connectivity index (χ2n) is 5.15. The predicted molar refractivity (Wildman–Crippen MR) is 84.0 cm³/mol. The van der Waals surface area contributed by atoms with Crippen LogP contribution < -0.4 is 10.6 Å². The maximum Gasteiger partial charge on any atom is 0.226 e. The van der Waals surface area contributed by atoms with E-state index in [1.165, 1.54) is 12.1 Å². The summed E-state index contributed by atoms with van der Waals surface area (Å²) in [7, 11) is 0. The van der Waals surface area contributed by atoms with Crippen LogP contribution >= 0.6 is 0 Å². The first-order valence-electron chi connectivity index (χ1n) is 7.02. The summed E-state index contributed by atoms with van der Waals surface area (Å²) < 4.78 is 26.2. The van der Waals surface area contributed by atoms with Gasteiger partial charge in [-0.1, -0.05) is 6.07 Å². The van der Waals surface area contributed by atoms with Crippen LogP contribution in [0.25, 0.3) is 0 Å². The van der Waals surface area contributed by atoms with E-state index in [1.54, 1.807) is 0 Å². The Kier molecular flexibility index (Phi) is 5.09. The first-order chi connectivity index (χ1) is 10.5. The lowest BCUT2D eigenvalue weighted by Crippen LogP contribution is -2.16. The second kappa shape index (κ2) is 7.02. The molecule has 0 heterocycles. The molecule has 2 N–H and O–H groups in total. The fourth-order valence-electron chi connectivity index (χ4n) is 1.99. The van der Waals surface area contributed by atoms with E-state index < -0.39 is 11.6 Å². The zero-order valence-electron chi connectivity index (χ0n) is 12.5. The fraction of sp³-hybridized carbons (Fsp3) is 0.235. The molecule has 3 nitrogen and oxygen atoms in total. The van der Waals surface area contributed by atoms with Crippen molar-refractivity contribution in [2.75, 3.05) is 17.2 Å². The monoisotopic (exact) mass is 304 g/mol. The molecule has 0 fully saturated rings. The number of carbonyl (C=O) groups excluding carboxylic acids is 1.